The van der Waals surface area contributed by atoms with Crippen molar-refractivity contribution in [1.82, 2.24) is 4.90 Å². The van der Waals surface area contributed by atoms with Crippen molar-refractivity contribution in [2.45, 2.75) is 26.2 Å². The van der Waals surface area contributed by atoms with E-state index in [1.165, 1.54) is 0 Å². The van der Waals surface area contributed by atoms with Gasteiger partial charge in [0.25, 0.3) is 5.91 Å². The van der Waals surface area contributed by atoms with Gasteiger partial charge in [0, 0.05) is 35.5 Å². The van der Waals surface area contributed by atoms with Crippen LogP contribution in [-0.4, -0.2) is 38.1 Å². The van der Waals surface area contributed by atoms with E-state index in [9.17, 15) is 4.79 Å². The van der Waals surface area contributed by atoms with Crippen LogP contribution in [0.3, 0.4) is 0 Å². The zero-order valence-corrected chi connectivity index (χ0v) is 16.7. The van der Waals surface area contributed by atoms with Crippen LogP contribution < -0.4 is 9.47 Å². The maximum absolute atomic E-state index is 13.2. The highest BCUT2D eigenvalue weighted by Gasteiger charge is 2.32. The molecule has 146 valence electrons. The first-order valence-electron chi connectivity index (χ1n) is 9.53. The fourth-order valence-corrected chi connectivity index (χ4v) is 4.11. The van der Waals surface area contributed by atoms with Crippen LogP contribution >= 0.6 is 0 Å². The molecule has 1 atom stereocenters. The van der Waals surface area contributed by atoms with Crippen LogP contribution in [0.1, 0.15) is 39.6 Å². The van der Waals surface area contributed by atoms with Crippen molar-refractivity contribution in [3.8, 4) is 11.5 Å². The molecular weight excluding hydrogens is 354 g/mol. The van der Waals surface area contributed by atoms with Gasteiger partial charge in [-0.05, 0) is 38.0 Å². The minimum Gasteiger partial charge on any atom is -0.493 e. The van der Waals surface area contributed by atoms with Gasteiger partial charge in [-0.15, -0.1) is 0 Å². The van der Waals surface area contributed by atoms with E-state index in [0.29, 0.717) is 24.6 Å². The molecule has 0 N–H and O–H groups in total. The lowest BCUT2D eigenvalue weighted by Crippen LogP contribution is -2.28. The fraction of sp³-hybridized carbons (Fsp3) is 0.348. The van der Waals surface area contributed by atoms with E-state index in [-0.39, 0.29) is 11.8 Å². The third-order valence-corrected chi connectivity index (χ3v) is 5.64. The number of carbonyl (C=O) groups is 1. The lowest BCUT2D eigenvalue weighted by atomic mass is 9.97. The second kappa shape index (κ2) is 7.23. The van der Waals surface area contributed by atoms with Gasteiger partial charge in [-0.2, -0.15) is 0 Å². The molecule has 2 heterocycles. The van der Waals surface area contributed by atoms with E-state index < -0.39 is 0 Å². The molecule has 1 saturated heterocycles. The molecule has 5 nitrogen and oxygen atoms in total. The van der Waals surface area contributed by atoms with Gasteiger partial charge >= 0.3 is 0 Å². The number of nitrogens with zero attached hydrogens (tertiary/aromatic N) is 1. The predicted molar refractivity (Wildman–Crippen MR) is 108 cm³/mol. The molecule has 28 heavy (non-hydrogen) atoms. The van der Waals surface area contributed by atoms with Gasteiger partial charge in [-0.25, -0.2) is 0 Å². The minimum absolute atomic E-state index is 0.0456. The summed E-state index contributed by atoms with van der Waals surface area (Å²) in [6, 6.07) is 11.9. The molecule has 0 bridgehead atoms. The molecule has 0 radical (unpaired) electrons. The first-order valence-corrected chi connectivity index (χ1v) is 9.53. The molecule has 3 aromatic rings. The van der Waals surface area contributed by atoms with Gasteiger partial charge in [0.15, 0.2) is 17.3 Å². The minimum atomic E-state index is -0.0456. The Morgan fingerprint density at radius 2 is 1.96 bits per heavy atom. The third kappa shape index (κ3) is 3.01. The largest absolute Gasteiger partial charge is 0.493 e. The number of ether oxygens (including phenoxy) is 2. The number of aryl methyl sites for hydroxylation is 2. The van der Waals surface area contributed by atoms with Crippen molar-refractivity contribution in [2.24, 2.45) is 0 Å². The van der Waals surface area contributed by atoms with Gasteiger partial charge in [0.05, 0.1) is 14.2 Å². The van der Waals surface area contributed by atoms with Crippen molar-refractivity contribution < 1.29 is 18.7 Å². The first kappa shape index (κ1) is 18.4. The highest BCUT2D eigenvalue weighted by molar-refractivity contribution is 5.99. The Kier molecular flexibility index (Phi) is 4.75. The Morgan fingerprint density at radius 1 is 1.14 bits per heavy atom. The van der Waals surface area contributed by atoms with E-state index in [0.717, 1.165) is 39.8 Å². The predicted octanol–water partition coefficient (Wildman–Crippen LogP) is 4.70. The standard InChI is InChI=1S/C23H25NO4/c1-14-8-9-17-15(2)21(28-20(17)12-14)23(25)24-11-10-16(13-24)18-6-5-7-19(26-3)22(18)27-4/h5-9,12,16H,10-11,13H2,1-4H3/t16-/m0/s1. The number of methoxy groups -OCH3 is 2. The first-order chi connectivity index (χ1) is 13.5. The summed E-state index contributed by atoms with van der Waals surface area (Å²) in [5, 5.41) is 0.999. The second-order valence-electron chi connectivity index (χ2n) is 7.38. The van der Waals surface area contributed by atoms with Crippen LogP contribution in [0.4, 0.5) is 0 Å². The number of benzene rings is 2. The maximum Gasteiger partial charge on any atom is 0.289 e. The molecule has 1 aliphatic heterocycles. The Labute approximate surface area is 164 Å². The molecule has 1 aromatic heterocycles. The topological polar surface area (TPSA) is 51.9 Å². The lowest BCUT2D eigenvalue weighted by molar-refractivity contribution is 0.0760. The number of likely N-dealkylation sites (tertiary alicyclic amines) is 1. The molecule has 1 fully saturated rings. The summed E-state index contributed by atoms with van der Waals surface area (Å²) in [7, 11) is 3.29. The molecule has 0 aliphatic carbocycles. The van der Waals surface area contributed by atoms with Crippen LogP contribution in [0, 0.1) is 13.8 Å². The monoisotopic (exact) mass is 379 g/mol. The highest BCUT2D eigenvalue weighted by Crippen LogP contribution is 2.39. The van der Waals surface area contributed by atoms with Crippen molar-refractivity contribution in [2.75, 3.05) is 27.3 Å². The van der Waals surface area contributed by atoms with E-state index in [1.807, 2.05) is 49.1 Å². The second-order valence-corrected chi connectivity index (χ2v) is 7.38. The molecule has 2 aromatic carbocycles. The number of fused-ring (bicyclic) bond motifs is 1. The highest BCUT2D eigenvalue weighted by atomic mass is 16.5. The number of para-hydroxylation sites is 1. The summed E-state index contributed by atoms with van der Waals surface area (Å²) < 4.78 is 16.9. The van der Waals surface area contributed by atoms with Crippen LogP contribution in [0.25, 0.3) is 11.0 Å². The molecule has 4 rings (SSSR count). The molecular formula is C23H25NO4. The van der Waals surface area contributed by atoms with E-state index in [4.69, 9.17) is 13.9 Å². The van der Waals surface area contributed by atoms with Crippen molar-refractivity contribution in [3.63, 3.8) is 0 Å². The number of rotatable bonds is 4. The van der Waals surface area contributed by atoms with Gasteiger partial charge in [-0.3, -0.25) is 4.79 Å². The number of hydrogen-bond acceptors (Lipinski definition) is 4. The number of carbonyl (C=O) groups excluding carboxylic acids is 1. The molecule has 0 unspecified atom stereocenters. The SMILES string of the molecule is COc1cccc([C@H]2CCN(C(=O)c3oc4cc(C)ccc4c3C)C2)c1OC. The van der Waals surface area contributed by atoms with Crippen LogP contribution in [0.2, 0.25) is 0 Å². The smallest absolute Gasteiger partial charge is 0.289 e. The van der Waals surface area contributed by atoms with Gasteiger partial charge in [-0.1, -0.05) is 24.3 Å². The number of amides is 1. The molecule has 0 spiro atoms. The van der Waals surface area contributed by atoms with Crippen LogP contribution in [-0.2, 0) is 0 Å². The van der Waals surface area contributed by atoms with E-state index in [2.05, 4.69) is 6.07 Å². The van der Waals surface area contributed by atoms with Gasteiger partial charge in [0.1, 0.15) is 5.58 Å². The Morgan fingerprint density at radius 3 is 2.71 bits per heavy atom. The normalized spacial score (nSPS) is 16.6. The Bertz CT molecular complexity index is 1040. The van der Waals surface area contributed by atoms with Crippen LogP contribution in [0.15, 0.2) is 40.8 Å². The molecule has 1 aliphatic rings. The Balaban J connectivity index is 1.60. The summed E-state index contributed by atoms with van der Waals surface area (Å²) in [5.41, 5.74) is 3.87. The third-order valence-electron chi connectivity index (χ3n) is 5.64. The molecule has 5 heteroatoms. The lowest BCUT2D eigenvalue weighted by Gasteiger charge is -2.18. The summed E-state index contributed by atoms with van der Waals surface area (Å²) in [6.07, 6.45) is 0.883. The number of furan rings is 1. The van der Waals surface area contributed by atoms with Gasteiger partial charge in [0.2, 0.25) is 0 Å². The van der Waals surface area contributed by atoms with E-state index >= 15 is 0 Å². The zero-order valence-electron chi connectivity index (χ0n) is 16.7. The average molecular weight is 379 g/mol. The zero-order chi connectivity index (χ0) is 19.8. The van der Waals surface area contributed by atoms with Crippen LogP contribution in [0.5, 0.6) is 11.5 Å². The number of hydrogen-bond donors (Lipinski definition) is 0. The summed E-state index contributed by atoms with van der Waals surface area (Å²) in [5.74, 6) is 2.07. The summed E-state index contributed by atoms with van der Waals surface area (Å²) in [4.78, 5) is 15.0. The maximum atomic E-state index is 13.2. The average Bonchev–Trinajstić information content (AvgIpc) is 3.31. The summed E-state index contributed by atoms with van der Waals surface area (Å²) in [6.45, 7) is 5.30. The quantitative estimate of drug-likeness (QED) is 0.659. The molecule has 1 amide bonds. The van der Waals surface area contributed by atoms with Crippen molar-refractivity contribution >= 4 is 16.9 Å². The molecule has 0 saturated carbocycles. The van der Waals surface area contributed by atoms with Crippen molar-refractivity contribution in [3.05, 3.63) is 58.8 Å². The fourth-order valence-electron chi connectivity index (χ4n) is 4.11. The van der Waals surface area contributed by atoms with E-state index in [1.54, 1.807) is 14.2 Å². The summed E-state index contributed by atoms with van der Waals surface area (Å²) >= 11 is 0. The van der Waals surface area contributed by atoms with Crippen molar-refractivity contribution in [1.29, 1.82) is 0 Å². The van der Waals surface area contributed by atoms with Gasteiger partial charge < -0.3 is 18.8 Å². The Hall–Kier alpha value is -2.95.